The van der Waals surface area contributed by atoms with Crippen LogP contribution >= 0.6 is 0 Å². The first-order valence-electron chi connectivity index (χ1n) is 10.0. The van der Waals surface area contributed by atoms with E-state index in [4.69, 9.17) is 0 Å². The quantitative estimate of drug-likeness (QED) is 0.690. The summed E-state index contributed by atoms with van der Waals surface area (Å²) >= 11 is 0. The predicted molar refractivity (Wildman–Crippen MR) is 119 cm³/mol. The van der Waals surface area contributed by atoms with Crippen molar-refractivity contribution in [2.45, 2.75) is 58.4 Å². The number of rotatable bonds is 8. The molecule has 6 heteroatoms. The molecule has 0 fully saturated rings. The molecular weight excluding hydrogens is 384 g/mol. The number of nitrogens with zero attached hydrogens (tertiary/aromatic N) is 1. The maximum absolute atomic E-state index is 13.4. The molecular formula is C23H32N2O3S. The van der Waals surface area contributed by atoms with Gasteiger partial charge in [0.2, 0.25) is 5.91 Å². The van der Waals surface area contributed by atoms with Crippen molar-refractivity contribution in [2.75, 3.05) is 10.8 Å². The zero-order valence-electron chi connectivity index (χ0n) is 18.1. The summed E-state index contributed by atoms with van der Waals surface area (Å²) in [7, 11) is -3.88. The minimum atomic E-state index is -3.88. The van der Waals surface area contributed by atoms with Gasteiger partial charge in [0, 0.05) is 6.04 Å². The first kappa shape index (κ1) is 22.9. The number of anilines is 1. The van der Waals surface area contributed by atoms with Crippen molar-refractivity contribution < 1.29 is 13.2 Å². The van der Waals surface area contributed by atoms with Crippen LogP contribution in [-0.4, -0.2) is 26.9 Å². The molecule has 0 saturated carbocycles. The molecule has 0 heterocycles. The summed E-state index contributed by atoms with van der Waals surface area (Å²) in [6, 6.07) is 14.0. The van der Waals surface area contributed by atoms with Crippen LogP contribution in [0.2, 0.25) is 0 Å². The van der Waals surface area contributed by atoms with Crippen molar-refractivity contribution in [3.63, 3.8) is 0 Å². The van der Waals surface area contributed by atoms with E-state index in [1.807, 2.05) is 39.8 Å². The Kier molecular flexibility index (Phi) is 7.47. The van der Waals surface area contributed by atoms with Gasteiger partial charge in [-0.25, -0.2) is 8.42 Å². The van der Waals surface area contributed by atoms with Gasteiger partial charge in [0.1, 0.15) is 6.54 Å². The maximum atomic E-state index is 13.4. The van der Waals surface area contributed by atoms with Crippen LogP contribution in [0.5, 0.6) is 0 Å². The highest BCUT2D eigenvalue weighted by molar-refractivity contribution is 7.92. The average Bonchev–Trinajstić information content (AvgIpc) is 2.66. The molecule has 0 aliphatic heterocycles. The first-order valence-corrected chi connectivity index (χ1v) is 11.4. The monoisotopic (exact) mass is 416 g/mol. The molecule has 2 aromatic carbocycles. The number of aryl methyl sites for hydroxylation is 1. The van der Waals surface area contributed by atoms with Crippen LogP contribution in [0.25, 0.3) is 0 Å². The Hall–Kier alpha value is -2.34. The van der Waals surface area contributed by atoms with Crippen LogP contribution in [0.4, 0.5) is 5.69 Å². The van der Waals surface area contributed by atoms with Crippen molar-refractivity contribution in [2.24, 2.45) is 5.92 Å². The molecule has 2 aromatic rings. The van der Waals surface area contributed by atoms with E-state index in [-0.39, 0.29) is 29.3 Å². The zero-order chi connectivity index (χ0) is 21.8. The summed E-state index contributed by atoms with van der Waals surface area (Å²) < 4.78 is 27.9. The van der Waals surface area contributed by atoms with Gasteiger partial charge in [-0.2, -0.15) is 0 Å². The Morgan fingerprint density at radius 3 is 1.97 bits per heavy atom. The second-order valence-corrected chi connectivity index (χ2v) is 10.0. The largest absolute Gasteiger partial charge is 0.352 e. The fourth-order valence-corrected chi connectivity index (χ4v) is 4.20. The number of hydrogen-bond acceptors (Lipinski definition) is 3. The minimum Gasteiger partial charge on any atom is -0.352 e. The number of carbonyl (C=O) groups excluding carboxylic acids is 1. The Morgan fingerprint density at radius 1 is 0.931 bits per heavy atom. The van der Waals surface area contributed by atoms with Gasteiger partial charge in [-0.05, 0) is 55.5 Å². The van der Waals surface area contributed by atoms with Gasteiger partial charge in [-0.3, -0.25) is 9.10 Å². The van der Waals surface area contributed by atoms with E-state index in [9.17, 15) is 13.2 Å². The van der Waals surface area contributed by atoms with Crippen LogP contribution < -0.4 is 9.62 Å². The van der Waals surface area contributed by atoms with Crippen LogP contribution in [0.3, 0.4) is 0 Å². The second kappa shape index (κ2) is 9.44. The van der Waals surface area contributed by atoms with E-state index in [2.05, 4.69) is 19.2 Å². The SMILES string of the molecule is Cc1ccc(S(=O)(=O)N(CC(=O)N[C@H](C)C(C)C)c2ccc(C(C)C)cc2)cc1. The van der Waals surface area contributed by atoms with E-state index in [1.165, 1.54) is 4.31 Å². The number of benzene rings is 2. The molecule has 0 radical (unpaired) electrons. The molecule has 0 bridgehead atoms. The van der Waals surface area contributed by atoms with Crippen LogP contribution in [0.1, 0.15) is 51.7 Å². The molecule has 0 saturated heterocycles. The normalized spacial score (nSPS) is 12.8. The smallest absolute Gasteiger partial charge is 0.264 e. The van der Waals surface area contributed by atoms with E-state index in [0.29, 0.717) is 11.6 Å². The number of nitrogens with one attached hydrogen (secondary N) is 1. The molecule has 0 aromatic heterocycles. The van der Waals surface area contributed by atoms with Crippen LogP contribution in [0, 0.1) is 12.8 Å². The van der Waals surface area contributed by atoms with Gasteiger partial charge in [0.05, 0.1) is 10.6 Å². The molecule has 29 heavy (non-hydrogen) atoms. The topological polar surface area (TPSA) is 66.5 Å². The van der Waals surface area contributed by atoms with E-state index < -0.39 is 10.0 Å². The van der Waals surface area contributed by atoms with E-state index in [1.54, 1.807) is 36.4 Å². The predicted octanol–water partition coefficient (Wildman–Crippen LogP) is 4.47. The standard InChI is InChI=1S/C23H32N2O3S/c1-16(2)19(6)24-23(26)15-25(21-11-9-20(10-12-21)17(3)4)29(27,28)22-13-7-18(5)8-14-22/h7-14,16-17,19H,15H2,1-6H3,(H,24,26)/t19-/m1/s1. The molecule has 1 amide bonds. The van der Waals surface area contributed by atoms with Crippen molar-refractivity contribution in [3.8, 4) is 0 Å². The average molecular weight is 417 g/mol. The Labute approximate surface area is 175 Å². The highest BCUT2D eigenvalue weighted by Gasteiger charge is 2.28. The molecule has 1 N–H and O–H groups in total. The van der Waals surface area contributed by atoms with Crippen LogP contribution in [-0.2, 0) is 14.8 Å². The molecule has 0 aliphatic carbocycles. The molecule has 0 spiro atoms. The van der Waals surface area contributed by atoms with E-state index >= 15 is 0 Å². The van der Waals surface area contributed by atoms with Gasteiger partial charge >= 0.3 is 0 Å². The Morgan fingerprint density at radius 2 is 1.48 bits per heavy atom. The van der Waals surface area contributed by atoms with Crippen molar-refractivity contribution in [1.82, 2.24) is 5.32 Å². The van der Waals surface area contributed by atoms with E-state index in [0.717, 1.165) is 11.1 Å². The van der Waals surface area contributed by atoms with Gasteiger partial charge in [0.15, 0.2) is 0 Å². The lowest BCUT2D eigenvalue weighted by Gasteiger charge is -2.26. The van der Waals surface area contributed by atoms with Gasteiger partial charge < -0.3 is 5.32 Å². The highest BCUT2D eigenvalue weighted by Crippen LogP contribution is 2.26. The third-order valence-corrected chi connectivity index (χ3v) is 6.92. The lowest BCUT2D eigenvalue weighted by Crippen LogP contribution is -2.45. The van der Waals surface area contributed by atoms with Crippen molar-refractivity contribution >= 4 is 21.6 Å². The lowest BCUT2D eigenvalue weighted by molar-refractivity contribution is -0.120. The molecule has 2 rings (SSSR count). The van der Waals surface area contributed by atoms with Gasteiger partial charge in [-0.15, -0.1) is 0 Å². The minimum absolute atomic E-state index is 0.0465. The third-order valence-electron chi connectivity index (χ3n) is 5.13. The van der Waals surface area contributed by atoms with Gasteiger partial charge in [0.25, 0.3) is 10.0 Å². The molecule has 0 aliphatic rings. The first-order chi connectivity index (χ1) is 13.5. The zero-order valence-corrected chi connectivity index (χ0v) is 19.0. The summed E-state index contributed by atoms with van der Waals surface area (Å²) in [6.07, 6.45) is 0. The lowest BCUT2D eigenvalue weighted by atomic mass is 10.0. The Bertz CT molecular complexity index is 918. The van der Waals surface area contributed by atoms with Crippen LogP contribution in [0.15, 0.2) is 53.4 Å². The maximum Gasteiger partial charge on any atom is 0.264 e. The summed E-state index contributed by atoms with van der Waals surface area (Å²) in [5.41, 5.74) is 2.56. The number of sulfonamides is 1. The third kappa shape index (κ3) is 5.82. The fourth-order valence-electron chi connectivity index (χ4n) is 2.77. The van der Waals surface area contributed by atoms with Crippen molar-refractivity contribution in [3.05, 3.63) is 59.7 Å². The second-order valence-electron chi connectivity index (χ2n) is 8.17. The number of carbonyl (C=O) groups is 1. The van der Waals surface area contributed by atoms with Gasteiger partial charge in [-0.1, -0.05) is 57.5 Å². The molecule has 1 atom stereocenters. The molecule has 158 valence electrons. The summed E-state index contributed by atoms with van der Waals surface area (Å²) in [5, 5.41) is 2.90. The summed E-state index contributed by atoms with van der Waals surface area (Å²) in [4.78, 5) is 12.8. The molecule has 0 unspecified atom stereocenters. The fraction of sp³-hybridized carbons (Fsp3) is 0.435. The summed E-state index contributed by atoms with van der Waals surface area (Å²) in [5.74, 6) is 0.266. The summed E-state index contributed by atoms with van der Waals surface area (Å²) in [6.45, 7) is 11.7. The highest BCUT2D eigenvalue weighted by atomic mass is 32.2. The number of amides is 1. The Balaban J connectivity index is 2.41. The number of hydrogen-bond donors (Lipinski definition) is 1. The van der Waals surface area contributed by atoms with Crippen molar-refractivity contribution in [1.29, 1.82) is 0 Å². The molecule has 5 nitrogen and oxygen atoms in total.